The number of hydrogen-bond acceptors (Lipinski definition) is 5. The number of amides is 2. The van der Waals surface area contributed by atoms with Gasteiger partial charge in [0, 0.05) is 18.1 Å². The van der Waals surface area contributed by atoms with E-state index in [9.17, 15) is 4.79 Å². The second kappa shape index (κ2) is 8.62. The van der Waals surface area contributed by atoms with Crippen LogP contribution in [-0.2, 0) is 6.54 Å². The Balaban J connectivity index is 1.39. The molecule has 3 aromatic rings. The van der Waals surface area contributed by atoms with E-state index in [4.69, 9.17) is 11.6 Å². The fourth-order valence-electron chi connectivity index (χ4n) is 3.24. The lowest BCUT2D eigenvalue weighted by Crippen LogP contribution is -2.32. The first-order chi connectivity index (χ1) is 13.7. The van der Waals surface area contributed by atoms with Gasteiger partial charge >= 0.3 is 6.03 Å². The predicted octanol–water partition coefficient (Wildman–Crippen LogP) is 4.50. The van der Waals surface area contributed by atoms with Crippen LogP contribution >= 0.6 is 22.9 Å². The lowest BCUT2D eigenvalue weighted by atomic mass is 10.1. The van der Waals surface area contributed by atoms with E-state index in [1.165, 1.54) is 6.42 Å². The van der Waals surface area contributed by atoms with Crippen LogP contribution in [0.1, 0.15) is 25.1 Å². The average Bonchev–Trinajstić information content (AvgIpc) is 3.39. The molecule has 1 aliphatic heterocycles. The van der Waals surface area contributed by atoms with E-state index in [0.29, 0.717) is 22.4 Å². The molecule has 4 rings (SSSR count). The minimum atomic E-state index is -0.311. The van der Waals surface area contributed by atoms with Crippen molar-refractivity contribution in [3.63, 3.8) is 0 Å². The van der Waals surface area contributed by atoms with E-state index in [2.05, 4.69) is 30.7 Å². The Hall–Kier alpha value is -2.58. The Morgan fingerprint density at radius 3 is 2.89 bits per heavy atom. The van der Waals surface area contributed by atoms with Crippen molar-refractivity contribution in [2.75, 3.05) is 23.3 Å². The van der Waals surface area contributed by atoms with Gasteiger partial charge in [-0.15, -0.1) is 11.3 Å². The number of urea groups is 1. The number of rotatable bonds is 5. The Kier molecular flexibility index (Phi) is 5.78. The Bertz CT molecular complexity index is 936. The van der Waals surface area contributed by atoms with Crippen molar-refractivity contribution in [2.24, 2.45) is 0 Å². The third-order valence-electron chi connectivity index (χ3n) is 4.59. The van der Waals surface area contributed by atoms with Crippen molar-refractivity contribution in [3.05, 3.63) is 46.6 Å². The summed E-state index contributed by atoms with van der Waals surface area (Å²) in [6.07, 6.45) is 3.57. The van der Waals surface area contributed by atoms with Gasteiger partial charge in [-0.2, -0.15) is 5.10 Å². The van der Waals surface area contributed by atoms with Crippen LogP contribution in [0.25, 0.3) is 10.7 Å². The molecule has 2 amide bonds. The van der Waals surface area contributed by atoms with Crippen LogP contribution in [0.5, 0.6) is 0 Å². The zero-order valence-corrected chi connectivity index (χ0v) is 16.8. The molecular formula is C19H21ClN6OS. The number of carbonyl (C=O) groups is 1. The predicted molar refractivity (Wildman–Crippen MR) is 113 cm³/mol. The number of hydrogen-bond donors (Lipinski definition) is 3. The van der Waals surface area contributed by atoms with Gasteiger partial charge in [-0.3, -0.25) is 5.10 Å². The van der Waals surface area contributed by atoms with E-state index >= 15 is 0 Å². The SMILES string of the molecule is O=C(NCc1nc(-c2cccs2)n[nH]1)Nc1cc(Cl)ccc1N1CCCCC1. The Morgan fingerprint density at radius 1 is 1.25 bits per heavy atom. The summed E-state index contributed by atoms with van der Waals surface area (Å²) >= 11 is 7.72. The molecule has 0 unspecified atom stereocenters. The highest BCUT2D eigenvalue weighted by Gasteiger charge is 2.16. The minimum Gasteiger partial charge on any atom is -0.370 e. The highest BCUT2D eigenvalue weighted by molar-refractivity contribution is 7.13. The molecule has 28 heavy (non-hydrogen) atoms. The zero-order chi connectivity index (χ0) is 19.3. The molecule has 1 saturated heterocycles. The average molecular weight is 417 g/mol. The van der Waals surface area contributed by atoms with Crippen LogP contribution in [0.3, 0.4) is 0 Å². The topological polar surface area (TPSA) is 85.9 Å². The molecule has 1 aliphatic rings. The number of nitrogens with zero attached hydrogens (tertiary/aromatic N) is 3. The first kappa shape index (κ1) is 18.8. The lowest BCUT2D eigenvalue weighted by molar-refractivity contribution is 0.251. The molecule has 1 aromatic carbocycles. The molecule has 0 spiro atoms. The number of nitrogens with one attached hydrogen (secondary N) is 3. The van der Waals surface area contributed by atoms with Crippen molar-refractivity contribution in [3.8, 4) is 10.7 Å². The summed E-state index contributed by atoms with van der Waals surface area (Å²) in [6, 6.07) is 9.21. The number of aromatic nitrogens is 3. The minimum absolute atomic E-state index is 0.254. The molecule has 3 heterocycles. The summed E-state index contributed by atoms with van der Waals surface area (Å²) < 4.78 is 0. The quantitative estimate of drug-likeness (QED) is 0.571. The maximum Gasteiger partial charge on any atom is 0.319 e. The number of aromatic amines is 1. The molecule has 0 bridgehead atoms. The molecule has 0 aliphatic carbocycles. The van der Waals surface area contributed by atoms with Crippen LogP contribution in [0.2, 0.25) is 5.02 Å². The molecule has 2 aromatic heterocycles. The third-order valence-corrected chi connectivity index (χ3v) is 5.69. The largest absolute Gasteiger partial charge is 0.370 e. The van der Waals surface area contributed by atoms with Gasteiger partial charge in [-0.05, 0) is 48.9 Å². The normalized spacial score (nSPS) is 14.1. The van der Waals surface area contributed by atoms with Gasteiger partial charge in [0.25, 0.3) is 0 Å². The Labute approximate surface area is 172 Å². The van der Waals surface area contributed by atoms with E-state index in [-0.39, 0.29) is 12.6 Å². The van der Waals surface area contributed by atoms with Gasteiger partial charge in [0.15, 0.2) is 5.82 Å². The summed E-state index contributed by atoms with van der Waals surface area (Å²) in [6.45, 7) is 2.23. The number of H-pyrrole nitrogens is 1. The van der Waals surface area contributed by atoms with Gasteiger partial charge in [0.05, 0.1) is 22.8 Å². The number of thiophene rings is 1. The highest BCUT2D eigenvalue weighted by atomic mass is 35.5. The fourth-order valence-corrected chi connectivity index (χ4v) is 4.07. The van der Waals surface area contributed by atoms with E-state index < -0.39 is 0 Å². The summed E-state index contributed by atoms with van der Waals surface area (Å²) in [5.41, 5.74) is 1.71. The summed E-state index contributed by atoms with van der Waals surface area (Å²) in [5.74, 6) is 1.23. The molecule has 9 heteroatoms. The van der Waals surface area contributed by atoms with Crippen molar-refractivity contribution < 1.29 is 4.79 Å². The second-order valence-corrected chi connectivity index (χ2v) is 7.98. The van der Waals surface area contributed by atoms with Gasteiger partial charge in [-0.1, -0.05) is 17.7 Å². The Morgan fingerprint density at radius 2 is 2.11 bits per heavy atom. The molecule has 0 saturated carbocycles. The van der Waals surface area contributed by atoms with Crippen molar-refractivity contribution in [1.82, 2.24) is 20.5 Å². The van der Waals surface area contributed by atoms with Gasteiger partial charge in [0.2, 0.25) is 0 Å². The summed E-state index contributed by atoms with van der Waals surface area (Å²) in [7, 11) is 0. The lowest BCUT2D eigenvalue weighted by Gasteiger charge is -2.30. The maximum atomic E-state index is 12.4. The van der Waals surface area contributed by atoms with E-state index in [1.807, 2.05) is 29.6 Å². The highest BCUT2D eigenvalue weighted by Crippen LogP contribution is 2.31. The van der Waals surface area contributed by atoms with Crippen LogP contribution in [0.15, 0.2) is 35.7 Å². The van der Waals surface area contributed by atoms with Crippen LogP contribution in [0, 0.1) is 0 Å². The molecule has 146 valence electrons. The molecule has 3 N–H and O–H groups in total. The third kappa shape index (κ3) is 4.45. The zero-order valence-electron chi connectivity index (χ0n) is 15.2. The number of benzene rings is 1. The second-order valence-electron chi connectivity index (χ2n) is 6.60. The van der Waals surface area contributed by atoms with Gasteiger partial charge in [-0.25, -0.2) is 9.78 Å². The summed E-state index contributed by atoms with van der Waals surface area (Å²) in [5, 5.41) is 15.3. The number of anilines is 2. The number of piperidine rings is 1. The van der Waals surface area contributed by atoms with Crippen molar-refractivity contribution in [1.29, 1.82) is 0 Å². The fraction of sp³-hybridized carbons (Fsp3) is 0.316. The maximum absolute atomic E-state index is 12.4. The van der Waals surface area contributed by atoms with E-state index in [0.717, 1.165) is 36.5 Å². The molecule has 1 fully saturated rings. The first-order valence-corrected chi connectivity index (χ1v) is 10.5. The number of carbonyl (C=O) groups excluding carboxylic acids is 1. The smallest absolute Gasteiger partial charge is 0.319 e. The molecular weight excluding hydrogens is 396 g/mol. The monoisotopic (exact) mass is 416 g/mol. The van der Waals surface area contributed by atoms with Gasteiger partial charge < -0.3 is 15.5 Å². The van der Waals surface area contributed by atoms with Crippen molar-refractivity contribution in [2.45, 2.75) is 25.8 Å². The van der Waals surface area contributed by atoms with Crippen LogP contribution in [0.4, 0.5) is 16.2 Å². The van der Waals surface area contributed by atoms with Gasteiger partial charge in [0.1, 0.15) is 5.82 Å². The van der Waals surface area contributed by atoms with Crippen LogP contribution < -0.4 is 15.5 Å². The molecule has 0 atom stereocenters. The number of halogens is 1. The summed E-state index contributed by atoms with van der Waals surface area (Å²) in [4.78, 5) is 20.1. The van der Waals surface area contributed by atoms with E-state index in [1.54, 1.807) is 17.4 Å². The van der Waals surface area contributed by atoms with Crippen LogP contribution in [-0.4, -0.2) is 34.3 Å². The molecule has 0 radical (unpaired) electrons. The standard InChI is InChI=1S/C19H21ClN6OS/c20-13-6-7-15(26-8-2-1-3-9-26)14(11-13)22-19(27)21-12-17-23-18(25-24-17)16-5-4-10-28-16/h4-7,10-11H,1-3,8-9,12H2,(H2,21,22,27)(H,23,24,25). The van der Waals surface area contributed by atoms with Crippen molar-refractivity contribution >= 4 is 40.3 Å². The molecule has 7 nitrogen and oxygen atoms in total. The first-order valence-electron chi connectivity index (χ1n) is 9.23.